The van der Waals surface area contributed by atoms with Crippen LogP contribution in [0.5, 0.6) is 5.75 Å². The summed E-state index contributed by atoms with van der Waals surface area (Å²) in [5, 5.41) is 4.52. The number of nitrogens with one attached hydrogen (secondary N) is 3. The summed E-state index contributed by atoms with van der Waals surface area (Å²) in [5.74, 6) is 0.752. The number of benzene rings is 3. The molecule has 0 aliphatic carbocycles. The second kappa shape index (κ2) is 8.00. The Bertz CT molecular complexity index is 1160. The van der Waals surface area contributed by atoms with Crippen LogP contribution in [0.1, 0.15) is 11.1 Å². The Labute approximate surface area is 171 Å². The van der Waals surface area contributed by atoms with Gasteiger partial charge >= 0.3 is 5.69 Å². The van der Waals surface area contributed by atoms with Crippen LogP contribution in [0.3, 0.4) is 0 Å². The summed E-state index contributed by atoms with van der Waals surface area (Å²) in [7, 11) is 0. The average molecular weight is 414 g/mol. The van der Waals surface area contributed by atoms with Gasteiger partial charge in [-0.25, -0.2) is 4.79 Å². The number of fused-ring (bicyclic) bond motifs is 1. The van der Waals surface area contributed by atoms with Crippen LogP contribution in [0.15, 0.2) is 65.5 Å². The molecule has 0 fully saturated rings. The van der Waals surface area contributed by atoms with Crippen molar-refractivity contribution in [3.63, 3.8) is 0 Å². The zero-order valence-electron chi connectivity index (χ0n) is 14.8. The first-order valence-corrected chi connectivity index (χ1v) is 9.45. The number of anilines is 1. The first-order chi connectivity index (χ1) is 13.6. The summed E-state index contributed by atoms with van der Waals surface area (Å²) in [5.41, 5.74) is 3.96. The SMILES string of the molecule is O=c1[nH]c2ccc(NCc3ccccc3OCc3c(Cl)cccc3Cl)cc2[nH]1. The molecule has 0 radical (unpaired) electrons. The van der Waals surface area contributed by atoms with Gasteiger partial charge in [-0.1, -0.05) is 47.5 Å². The lowest BCUT2D eigenvalue weighted by atomic mass is 10.2. The molecule has 0 unspecified atom stereocenters. The van der Waals surface area contributed by atoms with Crippen molar-refractivity contribution in [3.8, 4) is 5.75 Å². The van der Waals surface area contributed by atoms with Crippen LogP contribution in [0, 0.1) is 0 Å². The van der Waals surface area contributed by atoms with E-state index >= 15 is 0 Å². The largest absolute Gasteiger partial charge is 0.488 e. The van der Waals surface area contributed by atoms with Crippen molar-refractivity contribution in [2.45, 2.75) is 13.2 Å². The number of para-hydroxylation sites is 1. The quantitative estimate of drug-likeness (QED) is 0.398. The summed E-state index contributed by atoms with van der Waals surface area (Å²) in [6.45, 7) is 0.846. The molecule has 0 saturated heterocycles. The minimum atomic E-state index is -0.218. The van der Waals surface area contributed by atoms with Crippen LogP contribution in [-0.2, 0) is 13.2 Å². The Balaban J connectivity index is 1.48. The lowest BCUT2D eigenvalue weighted by Crippen LogP contribution is -2.04. The van der Waals surface area contributed by atoms with Crippen molar-refractivity contribution >= 4 is 39.9 Å². The molecule has 4 aromatic rings. The molecule has 7 heteroatoms. The number of aromatic nitrogens is 2. The van der Waals surface area contributed by atoms with Crippen LogP contribution in [0.2, 0.25) is 10.0 Å². The molecule has 0 amide bonds. The maximum absolute atomic E-state index is 11.4. The van der Waals surface area contributed by atoms with Crippen molar-refractivity contribution in [3.05, 3.63) is 92.3 Å². The third-order valence-electron chi connectivity index (χ3n) is 4.41. The van der Waals surface area contributed by atoms with Gasteiger partial charge in [0.05, 0.1) is 11.0 Å². The first kappa shape index (κ1) is 18.5. The normalized spacial score (nSPS) is 10.9. The highest BCUT2D eigenvalue weighted by Gasteiger charge is 2.09. The molecule has 1 heterocycles. The molecule has 3 aromatic carbocycles. The monoisotopic (exact) mass is 413 g/mol. The molecule has 142 valence electrons. The van der Waals surface area contributed by atoms with Crippen LogP contribution >= 0.6 is 23.2 Å². The molecular weight excluding hydrogens is 397 g/mol. The van der Waals surface area contributed by atoms with Gasteiger partial charge < -0.3 is 20.0 Å². The van der Waals surface area contributed by atoms with Crippen LogP contribution in [0.25, 0.3) is 11.0 Å². The molecule has 0 saturated carbocycles. The van der Waals surface area contributed by atoms with E-state index in [0.717, 1.165) is 33.6 Å². The second-order valence-corrected chi connectivity index (χ2v) is 7.10. The molecule has 0 aliphatic heterocycles. The Kier molecular flexibility index (Phi) is 5.28. The molecule has 0 spiro atoms. The van der Waals surface area contributed by atoms with E-state index in [0.29, 0.717) is 16.6 Å². The molecule has 5 nitrogen and oxygen atoms in total. The predicted octanol–water partition coefficient (Wildman–Crippen LogP) is 5.35. The Morgan fingerprint density at radius 1 is 0.893 bits per heavy atom. The minimum Gasteiger partial charge on any atom is -0.488 e. The summed E-state index contributed by atoms with van der Waals surface area (Å²) in [4.78, 5) is 16.9. The lowest BCUT2D eigenvalue weighted by Gasteiger charge is -2.14. The van der Waals surface area contributed by atoms with E-state index in [-0.39, 0.29) is 12.3 Å². The maximum Gasteiger partial charge on any atom is 0.323 e. The Morgan fingerprint density at radius 3 is 2.46 bits per heavy atom. The molecule has 28 heavy (non-hydrogen) atoms. The zero-order valence-corrected chi connectivity index (χ0v) is 16.3. The third kappa shape index (κ3) is 4.01. The summed E-state index contributed by atoms with van der Waals surface area (Å²) in [6.07, 6.45) is 0. The van der Waals surface area contributed by atoms with Crippen molar-refractivity contribution in [2.24, 2.45) is 0 Å². The molecule has 4 rings (SSSR count). The van der Waals surface area contributed by atoms with Gasteiger partial charge in [0.25, 0.3) is 0 Å². The van der Waals surface area contributed by atoms with E-state index < -0.39 is 0 Å². The highest BCUT2D eigenvalue weighted by atomic mass is 35.5. The number of rotatable bonds is 6. The number of ether oxygens (including phenoxy) is 1. The van der Waals surface area contributed by atoms with Gasteiger partial charge in [0.15, 0.2) is 0 Å². The smallest absolute Gasteiger partial charge is 0.323 e. The molecule has 1 aromatic heterocycles. The van der Waals surface area contributed by atoms with Crippen LogP contribution in [0.4, 0.5) is 5.69 Å². The second-order valence-electron chi connectivity index (χ2n) is 6.29. The van der Waals surface area contributed by atoms with E-state index in [9.17, 15) is 4.79 Å². The van der Waals surface area contributed by atoms with Gasteiger partial charge in [0.2, 0.25) is 0 Å². The highest BCUT2D eigenvalue weighted by Crippen LogP contribution is 2.27. The van der Waals surface area contributed by atoms with Crippen molar-refractivity contribution in [1.82, 2.24) is 9.97 Å². The van der Waals surface area contributed by atoms with Gasteiger partial charge in [-0.05, 0) is 36.4 Å². The molecule has 0 bridgehead atoms. The van der Waals surface area contributed by atoms with Gasteiger partial charge in [0, 0.05) is 33.4 Å². The summed E-state index contributed by atoms with van der Waals surface area (Å²) >= 11 is 12.4. The van der Waals surface area contributed by atoms with Crippen molar-refractivity contribution in [1.29, 1.82) is 0 Å². The molecular formula is C21H17Cl2N3O2. The summed E-state index contributed by atoms with van der Waals surface area (Å²) in [6, 6.07) is 18.8. The number of hydrogen-bond donors (Lipinski definition) is 3. The molecule has 0 aliphatic rings. The number of halogens is 2. The van der Waals surface area contributed by atoms with E-state index in [1.807, 2.05) is 42.5 Å². The first-order valence-electron chi connectivity index (χ1n) is 8.69. The zero-order chi connectivity index (χ0) is 19.5. The standard InChI is InChI=1S/C21H17Cl2N3O2/c22-16-5-3-6-17(23)15(16)12-28-20-7-2-1-4-13(20)11-24-14-8-9-18-19(10-14)26-21(27)25-18/h1-10,24H,11-12H2,(H2,25,26,27). The van der Waals surface area contributed by atoms with Crippen LogP contribution < -0.4 is 15.7 Å². The number of H-pyrrole nitrogens is 2. The Hall–Kier alpha value is -2.89. The van der Waals surface area contributed by atoms with Gasteiger partial charge in [-0.3, -0.25) is 0 Å². The number of aromatic amines is 2. The minimum absolute atomic E-state index is 0.218. The topological polar surface area (TPSA) is 69.9 Å². The van der Waals surface area contributed by atoms with Gasteiger partial charge in [-0.2, -0.15) is 0 Å². The lowest BCUT2D eigenvalue weighted by molar-refractivity contribution is 0.303. The third-order valence-corrected chi connectivity index (χ3v) is 5.11. The fourth-order valence-corrected chi connectivity index (χ4v) is 3.46. The van der Waals surface area contributed by atoms with E-state index in [4.69, 9.17) is 27.9 Å². The van der Waals surface area contributed by atoms with Crippen molar-refractivity contribution < 1.29 is 4.74 Å². The maximum atomic E-state index is 11.4. The molecule has 0 atom stereocenters. The average Bonchev–Trinajstić information content (AvgIpc) is 3.06. The highest BCUT2D eigenvalue weighted by molar-refractivity contribution is 6.35. The van der Waals surface area contributed by atoms with E-state index in [1.165, 1.54) is 0 Å². The van der Waals surface area contributed by atoms with E-state index in [1.54, 1.807) is 18.2 Å². The summed E-state index contributed by atoms with van der Waals surface area (Å²) < 4.78 is 5.99. The number of hydrogen-bond acceptors (Lipinski definition) is 3. The number of imidazole rings is 1. The van der Waals surface area contributed by atoms with E-state index in [2.05, 4.69) is 15.3 Å². The van der Waals surface area contributed by atoms with Gasteiger partial charge in [0.1, 0.15) is 12.4 Å². The Morgan fingerprint density at radius 2 is 1.64 bits per heavy atom. The predicted molar refractivity (Wildman–Crippen MR) is 113 cm³/mol. The molecule has 3 N–H and O–H groups in total. The van der Waals surface area contributed by atoms with Gasteiger partial charge in [-0.15, -0.1) is 0 Å². The fraction of sp³-hybridized carbons (Fsp3) is 0.0952. The van der Waals surface area contributed by atoms with Crippen LogP contribution in [-0.4, -0.2) is 9.97 Å². The van der Waals surface area contributed by atoms with Crippen molar-refractivity contribution in [2.75, 3.05) is 5.32 Å². The fourth-order valence-electron chi connectivity index (χ4n) is 2.95.